The molecule has 668 valence electrons. The molecule has 0 radical (unpaired) electrons. The predicted octanol–water partition coefficient (Wildman–Crippen LogP) is 13.8. The number of para-hydroxylation sites is 1. The molecule has 6 saturated carbocycles. The molecule has 9 unspecified atom stereocenters. The fraction of sp³-hybridized carbons (Fsp3) is 0.527. The number of hydrogen-bond acceptors (Lipinski definition) is 27. The van der Waals surface area contributed by atoms with Crippen LogP contribution in [0, 0.1) is 46.3 Å². The molecule has 29 nitrogen and oxygen atoms in total. The molecule has 4 bridgehead atoms. The van der Waals surface area contributed by atoms with Gasteiger partial charge in [-0.15, -0.1) is 0 Å². The van der Waals surface area contributed by atoms with Crippen LogP contribution < -0.4 is 4.74 Å². The van der Waals surface area contributed by atoms with E-state index in [4.69, 9.17) is 62.3 Å². The fourth-order valence-corrected chi connectivity index (χ4v) is 15.2. The molecule has 122 heavy (non-hydrogen) atoms. The van der Waals surface area contributed by atoms with Gasteiger partial charge in [-0.3, -0.25) is 19.2 Å². The molecule has 1 aliphatic heterocycles. The number of carboxylic acid groups (broad SMARTS) is 2. The first-order valence-corrected chi connectivity index (χ1v) is 41.5. The summed E-state index contributed by atoms with van der Waals surface area (Å²) in [7, 11) is 0. The van der Waals surface area contributed by atoms with Gasteiger partial charge in [0.15, 0.2) is 11.6 Å². The number of aliphatic carboxylic acids is 1. The van der Waals surface area contributed by atoms with E-state index in [0.29, 0.717) is 62.6 Å². The molecule has 9 atom stereocenters. The number of rotatable bonds is 35. The quantitative estimate of drug-likeness (QED) is 0.0162. The highest BCUT2D eigenvalue weighted by atomic mass is 16.6. The van der Waals surface area contributed by atoms with Crippen LogP contribution in [0.25, 0.3) is 0 Å². The van der Waals surface area contributed by atoms with Crippen molar-refractivity contribution in [3.8, 4) is 5.75 Å². The van der Waals surface area contributed by atoms with Crippen molar-refractivity contribution >= 4 is 83.2 Å². The van der Waals surface area contributed by atoms with E-state index in [1.54, 1.807) is 0 Å². The minimum absolute atomic E-state index is 0.0509. The van der Waals surface area contributed by atoms with Crippen LogP contribution in [0.2, 0.25) is 0 Å². The Balaban J connectivity index is 0.000000294. The number of carboxylic acids is 2. The summed E-state index contributed by atoms with van der Waals surface area (Å²) < 4.78 is 64.7. The number of hydrogen-bond donors (Lipinski definition) is 2. The molecular formula is C93H122O29. The Kier molecular flexibility index (Phi) is 47.7. The van der Waals surface area contributed by atoms with Gasteiger partial charge in [0, 0.05) is 71.8 Å². The Bertz CT molecular complexity index is 3880. The van der Waals surface area contributed by atoms with Crippen molar-refractivity contribution in [1.82, 2.24) is 0 Å². The molecule has 0 amide bonds. The summed E-state index contributed by atoms with van der Waals surface area (Å²) in [4.78, 5) is 156. The van der Waals surface area contributed by atoms with Crippen molar-refractivity contribution in [2.45, 2.75) is 193 Å². The van der Waals surface area contributed by atoms with Crippen LogP contribution in [0.3, 0.4) is 0 Å². The average molecular weight is 1700 g/mol. The summed E-state index contributed by atoms with van der Waals surface area (Å²) in [5, 5.41) is 17.9. The number of esters is 10. The number of carbonyl (C=O) groups is 14. The number of aromatic carboxylic acids is 1. The van der Waals surface area contributed by atoms with Gasteiger partial charge in [-0.05, 0) is 176 Å². The van der Waals surface area contributed by atoms with E-state index in [-0.39, 0.29) is 116 Å². The van der Waals surface area contributed by atoms with Crippen molar-refractivity contribution in [3.63, 3.8) is 0 Å². The summed E-state index contributed by atoms with van der Waals surface area (Å²) in [5.74, 6) is -5.85. The molecule has 2 aromatic rings. The molecule has 11 rings (SSSR count). The Hall–Kier alpha value is -11.2. The second-order valence-corrected chi connectivity index (χ2v) is 30.5. The lowest BCUT2D eigenvalue weighted by Crippen LogP contribution is -2.38. The highest BCUT2D eigenvalue weighted by Gasteiger charge is 2.63. The lowest BCUT2D eigenvalue weighted by Gasteiger charge is -2.38. The molecule has 29 heteroatoms. The van der Waals surface area contributed by atoms with Crippen molar-refractivity contribution in [2.75, 3.05) is 72.7 Å². The lowest BCUT2D eigenvalue weighted by atomic mass is 9.70. The van der Waals surface area contributed by atoms with E-state index in [0.717, 1.165) is 131 Å². The first-order chi connectivity index (χ1) is 58.4. The maximum atomic E-state index is 12.1. The Labute approximate surface area is 714 Å². The van der Waals surface area contributed by atoms with Crippen LogP contribution in [-0.2, 0) is 114 Å². The number of epoxide rings is 1. The maximum absolute atomic E-state index is 12.1. The zero-order chi connectivity index (χ0) is 90.0. The molecule has 2 N–H and O–H groups in total. The van der Waals surface area contributed by atoms with Gasteiger partial charge in [-0.1, -0.05) is 123 Å². The summed E-state index contributed by atoms with van der Waals surface area (Å²) in [6.45, 7) is 36.3. The van der Waals surface area contributed by atoms with Crippen molar-refractivity contribution in [1.29, 1.82) is 0 Å². The third-order valence-corrected chi connectivity index (χ3v) is 22.3. The SMILES string of the molecule is C=CC(=O)OC1CC2CCC1(C)C2(C)C.C=CC(=O)OC1CC2CCC1C2.C=CC(=O)OC1CCCCC1.C=CC(=O)OCCC1C(=O)C2=C(CCCC2)C1=O.C=CC(=O)OCCCCOCC1CO1.C=CC(=O)OCCOC(=O)C1CCCCC1C(=O)O.C=CC(=O)OCCOC(=O)c1ccccc1C(=O)O.C=CC(=O)OCCOc1ccccc1. The molecule has 0 spiro atoms. The zero-order valence-corrected chi connectivity index (χ0v) is 70.7. The molecule has 7 fully saturated rings. The average Bonchev–Trinajstić information content (AvgIpc) is 1.56. The second-order valence-electron chi connectivity index (χ2n) is 30.5. The highest BCUT2D eigenvalue weighted by molar-refractivity contribution is 6.24. The largest absolute Gasteiger partial charge is 0.490 e. The normalized spacial score (nSPS) is 21.7. The van der Waals surface area contributed by atoms with Gasteiger partial charge in [0.05, 0.1) is 55.3 Å². The maximum Gasteiger partial charge on any atom is 0.339 e. The number of Topliss-reactive ketones (excluding diaryl/α,β-unsaturated/α-hetero) is 2. The van der Waals surface area contributed by atoms with E-state index in [1.165, 1.54) is 99.9 Å². The number of ether oxygens (including phenoxy) is 13. The molecule has 0 aromatic heterocycles. The van der Waals surface area contributed by atoms with Gasteiger partial charge >= 0.3 is 71.6 Å². The predicted molar refractivity (Wildman–Crippen MR) is 447 cm³/mol. The number of fused-ring (bicyclic) bond motifs is 4. The topological polar surface area (TPSA) is 403 Å². The van der Waals surface area contributed by atoms with E-state index >= 15 is 0 Å². The Morgan fingerprint density at radius 2 is 0.943 bits per heavy atom. The molecule has 9 aliphatic rings. The van der Waals surface area contributed by atoms with E-state index in [1.807, 2.05) is 30.3 Å². The first-order valence-electron chi connectivity index (χ1n) is 41.5. The van der Waals surface area contributed by atoms with Crippen LogP contribution in [0.5, 0.6) is 5.75 Å². The van der Waals surface area contributed by atoms with Gasteiger partial charge < -0.3 is 71.8 Å². The number of allylic oxidation sites excluding steroid dienone is 2. The number of ketones is 2. The summed E-state index contributed by atoms with van der Waals surface area (Å²) in [6.07, 6.45) is 32.2. The van der Waals surface area contributed by atoms with Crippen molar-refractivity contribution in [2.24, 2.45) is 46.3 Å². The third-order valence-electron chi connectivity index (χ3n) is 22.3. The zero-order valence-electron chi connectivity index (χ0n) is 70.7. The van der Waals surface area contributed by atoms with Gasteiger partial charge in [-0.25, -0.2) is 47.9 Å². The summed E-state index contributed by atoms with van der Waals surface area (Å²) in [5.41, 5.74) is 1.73. The van der Waals surface area contributed by atoms with Crippen molar-refractivity contribution in [3.05, 3.63) is 178 Å². The summed E-state index contributed by atoms with van der Waals surface area (Å²) >= 11 is 0. The van der Waals surface area contributed by atoms with Gasteiger partial charge in [0.1, 0.15) is 69.8 Å². The Morgan fingerprint density at radius 3 is 1.43 bits per heavy atom. The Morgan fingerprint density at radius 1 is 0.467 bits per heavy atom. The summed E-state index contributed by atoms with van der Waals surface area (Å²) in [6, 6.07) is 15.0. The van der Waals surface area contributed by atoms with E-state index < -0.39 is 65.5 Å². The van der Waals surface area contributed by atoms with E-state index in [9.17, 15) is 67.1 Å². The van der Waals surface area contributed by atoms with Crippen LogP contribution in [-0.4, -0.2) is 191 Å². The third kappa shape index (κ3) is 36.6. The lowest BCUT2D eigenvalue weighted by molar-refractivity contribution is -0.161. The second kappa shape index (κ2) is 56.4. The molecule has 1 heterocycles. The monoisotopic (exact) mass is 1700 g/mol. The fourth-order valence-electron chi connectivity index (χ4n) is 15.2. The van der Waals surface area contributed by atoms with Crippen molar-refractivity contribution < 1.29 is 139 Å². The smallest absolute Gasteiger partial charge is 0.339 e. The molecule has 2 aromatic carbocycles. The molecule has 1 saturated heterocycles. The van der Waals surface area contributed by atoms with Crippen LogP contribution in [0.15, 0.2) is 167 Å². The van der Waals surface area contributed by atoms with Crippen LogP contribution in [0.1, 0.15) is 189 Å². The van der Waals surface area contributed by atoms with Gasteiger partial charge in [0.2, 0.25) is 0 Å². The van der Waals surface area contributed by atoms with Gasteiger partial charge in [-0.2, -0.15) is 0 Å². The highest BCUT2D eigenvalue weighted by Crippen LogP contribution is 2.66. The molecular weight excluding hydrogens is 1580 g/mol. The standard InChI is InChI=1S/C14H16O4.C13H18O6.C13H12O6.C13H20O2.C11H12O3.C10H16O4.C10H14O2.C9H14O2/c1-2-12(15)18-8-7-11-13(16)9-5-3-4-6-10(9)14(11)17;2*1-2-11(14)18-7-8-19-13(17)10-6-4-3-5-9(10)12(15)16;1-5-11(14)15-10-8-9-6-7-13(10,4)12(9,2)3;1-2-11(12)14-9-8-13-10-6-4-3-5-7-10;1-2-10(11)13-6-4-3-5-12-7-9-8-14-9;1-2-10(11)12-9-6-7-3-4-8(9)5-7;1-2-9(10)11-8-6-4-3-5-7-8/h2,11H,1,3-8H2;2,9-10H,1,3-8H2,(H,15,16);2-6H,1,7-8H2,(H,15,16);5,9-10H,1,6-8H2,2-4H3;2-7H,1,8-9H2;2,9H,1,3-8H2;2,7-9H,1,3-6H2;2,8H,1,3-7H2. The van der Waals surface area contributed by atoms with Crippen LogP contribution >= 0.6 is 0 Å². The molecule has 8 aliphatic carbocycles. The number of carbonyl (C=O) groups excluding carboxylic acids is 12. The number of unbranched alkanes of at least 4 members (excludes halogenated alkanes) is 1. The van der Waals surface area contributed by atoms with Crippen LogP contribution in [0.4, 0.5) is 0 Å². The van der Waals surface area contributed by atoms with E-state index in [2.05, 4.69) is 82.9 Å². The minimum Gasteiger partial charge on any atom is -0.490 e. The number of benzene rings is 2. The van der Waals surface area contributed by atoms with Gasteiger partial charge in [0.25, 0.3) is 0 Å². The first kappa shape index (κ1) is 103. The minimum atomic E-state index is -1.22.